The van der Waals surface area contributed by atoms with Crippen LogP contribution in [-0.2, 0) is 16.1 Å². The first kappa shape index (κ1) is 14.4. The number of hydrogen-bond donors (Lipinski definition) is 2. The van der Waals surface area contributed by atoms with E-state index in [1.165, 1.54) is 11.3 Å². The topological polar surface area (TPSA) is 66.4 Å². The molecule has 98 valence electrons. The van der Waals surface area contributed by atoms with E-state index in [2.05, 4.69) is 5.32 Å². The van der Waals surface area contributed by atoms with Crippen molar-refractivity contribution in [3.05, 3.63) is 28.0 Å². The molecule has 0 bridgehead atoms. The highest BCUT2D eigenvalue weighted by Gasteiger charge is 2.02. The van der Waals surface area contributed by atoms with Crippen LogP contribution in [0.5, 0.6) is 0 Å². The Hall–Kier alpha value is -1.62. The predicted molar refractivity (Wildman–Crippen MR) is 72.4 cm³/mol. The molecule has 4 nitrogen and oxygen atoms in total. The van der Waals surface area contributed by atoms with Crippen molar-refractivity contribution in [1.82, 2.24) is 5.32 Å². The van der Waals surface area contributed by atoms with E-state index in [-0.39, 0.29) is 5.91 Å². The molecule has 0 aromatic carbocycles. The molecule has 0 fully saturated rings. The minimum atomic E-state index is -0.962. The second kappa shape index (κ2) is 7.66. The summed E-state index contributed by atoms with van der Waals surface area (Å²) < 4.78 is 0. The predicted octanol–water partition coefficient (Wildman–Crippen LogP) is 2.65. The number of amides is 1. The van der Waals surface area contributed by atoms with Crippen LogP contribution in [-0.4, -0.2) is 17.0 Å². The van der Waals surface area contributed by atoms with E-state index >= 15 is 0 Å². The average Bonchev–Trinajstić information content (AvgIpc) is 2.79. The van der Waals surface area contributed by atoms with Crippen molar-refractivity contribution in [3.63, 3.8) is 0 Å². The highest BCUT2D eigenvalue weighted by atomic mass is 32.1. The molecule has 0 aliphatic carbocycles. The third-order valence-electron chi connectivity index (χ3n) is 2.31. The Labute approximate surface area is 110 Å². The number of hydrogen-bond acceptors (Lipinski definition) is 3. The van der Waals surface area contributed by atoms with Crippen molar-refractivity contribution in [3.8, 4) is 0 Å². The molecule has 0 saturated carbocycles. The van der Waals surface area contributed by atoms with Gasteiger partial charge in [-0.3, -0.25) is 4.79 Å². The Morgan fingerprint density at radius 3 is 2.94 bits per heavy atom. The van der Waals surface area contributed by atoms with Gasteiger partial charge in [-0.2, -0.15) is 0 Å². The van der Waals surface area contributed by atoms with Crippen LogP contribution < -0.4 is 5.32 Å². The summed E-state index contributed by atoms with van der Waals surface area (Å²) in [7, 11) is 0. The molecule has 0 radical (unpaired) electrons. The molecule has 0 spiro atoms. The van der Waals surface area contributed by atoms with E-state index in [1.807, 2.05) is 18.4 Å². The van der Waals surface area contributed by atoms with Crippen molar-refractivity contribution in [2.45, 2.75) is 32.7 Å². The number of aliphatic carboxylic acids is 1. The molecular formula is C13H17NO3S. The third kappa shape index (κ3) is 5.63. The van der Waals surface area contributed by atoms with Gasteiger partial charge >= 0.3 is 5.97 Å². The summed E-state index contributed by atoms with van der Waals surface area (Å²) in [6.07, 6.45) is 5.12. The van der Waals surface area contributed by atoms with Crippen LogP contribution in [0, 0.1) is 0 Å². The number of carboxylic acid groups (broad SMARTS) is 1. The van der Waals surface area contributed by atoms with Crippen LogP contribution in [0.15, 0.2) is 17.5 Å². The van der Waals surface area contributed by atoms with Gasteiger partial charge in [-0.15, -0.1) is 11.3 Å². The maximum absolute atomic E-state index is 11.4. The van der Waals surface area contributed by atoms with E-state index in [9.17, 15) is 9.59 Å². The first-order valence-electron chi connectivity index (χ1n) is 5.87. The van der Waals surface area contributed by atoms with Gasteiger partial charge in [-0.1, -0.05) is 13.3 Å². The van der Waals surface area contributed by atoms with Crippen LogP contribution in [0.1, 0.15) is 36.6 Å². The fraction of sp³-hybridized carbons (Fsp3) is 0.385. The standard InChI is InChI=1S/C13H17NO3S/c1-2-3-4-12(15)14-8-11-7-10(9-18-11)5-6-13(16)17/h5-7,9H,2-4,8H2,1H3,(H,14,15)(H,16,17). The van der Waals surface area contributed by atoms with E-state index in [0.717, 1.165) is 29.4 Å². The summed E-state index contributed by atoms with van der Waals surface area (Å²) in [5.41, 5.74) is 0.847. The second-order valence-electron chi connectivity index (χ2n) is 3.90. The number of rotatable bonds is 7. The molecule has 0 unspecified atom stereocenters. The lowest BCUT2D eigenvalue weighted by Crippen LogP contribution is -2.21. The van der Waals surface area contributed by atoms with Gasteiger partial charge in [0, 0.05) is 17.4 Å². The lowest BCUT2D eigenvalue weighted by Gasteiger charge is -2.01. The summed E-state index contributed by atoms with van der Waals surface area (Å²) in [5, 5.41) is 13.2. The summed E-state index contributed by atoms with van der Waals surface area (Å²) >= 11 is 1.51. The zero-order valence-corrected chi connectivity index (χ0v) is 11.1. The Morgan fingerprint density at radius 2 is 2.28 bits per heavy atom. The highest BCUT2D eigenvalue weighted by molar-refractivity contribution is 7.10. The van der Waals surface area contributed by atoms with Crippen LogP contribution >= 0.6 is 11.3 Å². The van der Waals surface area contributed by atoms with Gasteiger partial charge in [0.15, 0.2) is 0 Å². The fourth-order valence-electron chi connectivity index (χ4n) is 1.36. The summed E-state index contributed by atoms with van der Waals surface area (Å²) in [4.78, 5) is 22.8. The average molecular weight is 267 g/mol. The largest absolute Gasteiger partial charge is 0.478 e. The Kier molecular flexibility index (Phi) is 6.14. The third-order valence-corrected chi connectivity index (χ3v) is 3.26. The molecule has 5 heteroatoms. The van der Waals surface area contributed by atoms with Gasteiger partial charge in [0.25, 0.3) is 0 Å². The van der Waals surface area contributed by atoms with Gasteiger partial charge in [0.05, 0.1) is 6.54 Å². The van der Waals surface area contributed by atoms with E-state index in [1.54, 1.807) is 6.08 Å². The molecule has 1 heterocycles. The molecule has 2 N–H and O–H groups in total. The molecule has 0 aliphatic heterocycles. The first-order chi connectivity index (χ1) is 8.61. The minimum absolute atomic E-state index is 0.0629. The van der Waals surface area contributed by atoms with Crippen molar-refractivity contribution in [1.29, 1.82) is 0 Å². The summed E-state index contributed by atoms with van der Waals surface area (Å²) in [5.74, 6) is -0.900. The van der Waals surface area contributed by atoms with E-state index in [4.69, 9.17) is 5.11 Å². The Morgan fingerprint density at radius 1 is 1.50 bits per heavy atom. The van der Waals surface area contributed by atoms with Crippen LogP contribution in [0.25, 0.3) is 6.08 Å². The molecule has 0 saturated heterocycles. The smallest absolute Gasteiger partial charge is 0.328 e. The molecule has 1 aromatic heterocycles. The van der Waals surface area contributed by atoms with Gasteiger partial charge in [-0.05, 0) is 29.5 Å². The second-order valence-corrected chi connectivity index (χ2v) is 4.89. The number of nitrogens with one attached hydrogen (secondary N) is 1. The Balaban J connectivity index is 2.39. The molecule has 18 heavy (non-hydrogen) atoms. The molecular weight excluding hydrogens is 250 g/mol. The summed E-state index contributed by atoms with van der Waals surface area (Å²) in [6, 6.07) is 1.88. The quantitative estimate of drug-likeness (QED) is 0.746. The minimum Gasteiger partial charge on any atom is -0.478 e. The van der Waals surface area contributed by atoms with Gasteiger partial charge in [0.2, 0.25) is 5.91 Å². The fourth-order valence-corrected chi connectivity index (χ4v) is 2.15. The molecule has 0 atom stereocenters. The van der Waals surface area contributed by atoms with E-state index in [0.29, 0.717) is 13.0 Å². The summed E-state index contributed by atoms with van der Waals surface area (Å²) in [6.45, 7) is 2.56. The molecule has 1 amide bonds. The highest BCUT2D eigenvalue weighted by Crippen LogP contribution is 2.15. The number of carbonyl (C=O) groups excluding carboxylic acids is 1. The maximum atomic E-state index is 11.4. The van der Waals surface area contributed by atoms with Crippen molar-refractivity contribution < 1.29 is 14.7 Å². The number of unbranched alkanes of at least 4 members (excludes halogenated alkanes) is 1. The van der Waals surface area contributed by atoms with Gasteiger partial charge in [0.1, 0.15) is 0 Å². The van der Waals surface area contributed by atoms with Crippen LogP contribution in [0.4, 0.5) is 0 Å². The molecule has 1 rings (SSSR count). The van der Waals surface area contributed by atoms with Crippen molar-refractivity contribution >= 4 is 29.3 Å². The number of thiophene rings is 1. The zero-order valence-electron chi connectivity index (χ0n) is 10.3. The van der Waals surface area contributed by atoms with Crippen molar-refractivity contribution in [2.24, 2.45) is 0 Å². The number of carbonyl (C=O) groups is 2. The van der Waals surface area contributed by atoms with Crippen LogP contribution in [0.2, 0.25) is 0 Å². The van der Waals surface area contributed by atoms with Crippen molar-refractivity contribution in [2.75, 3.05) is 0 Å². The normalized spacial score (nSPS) is 10.7. The lowest BCUT2D eigenvalue weighted by molar-refractivity contribution is -0.131. The SMILES string of the molecule is CCCCC(=O)NCc1cc(C=CC(=O)O)cs1. The molecule has 1 aromatic rings. The zero-order chi connectivity index (χ0) is 13.4. The maximum Gasteiger partial charge on any atom is 0.328 e. The molecule has 0 aliphatic rings. The lowest BCUT2D eigenvalue weighted by atomic mass is 10.2. The monoisotopic (exact) mass is 267 g/mol. The Bertz CT molecular complexity index is 437. The van der Waals surface area contributed by atoms with Gasteiger partial charge in [-0.25, -0.2) is 4.79 Å². The van der Waals surface area contributed by atoms with E-state index < -0.39 is 5.97 Å². The van der Waals surface area contributed by atoms with Crippen LogP contribution in [0.3, 0.4) is 0 Å². The number of carboxylic acids is 1. The van der Waals surface area contributed by atoms with Gasteiger partial charge < -0.3 is 10.4 Å². The first-order valence-corrected chi connectivity index (χ1v) is 6.75.